The van der Waals surface area contributed by atoms with Gasteiger partial charge >= 0.3 is 33.6 Å². The van der Waals surface area contributed by atoms with E-state index in [2.05, 4.69) is 118 Å². The molecule has 87 heavy (non-hydrogen) atoms. The monoisotopic (exact) mass is 1270 g/mol. The van der Waals surface area contributed by atoms with Crippen LogP contribution in [0.2, 0.25) is 0 Å². The van der Waals surface area contributed by atoms with Gasteiger partial charge < -0.3 is 34.2 Å². The summed E-state index contributed by atoms with van der Waals surface area (Å²) in [5.41, 5.74) is 0. The van der Waals surface area contributed by atoms with Crippen LogP contribution in [0.25, 0.3) is 0 Å². The van der Waals surface area contributed by atoms with E-state index < -0.39 is 91.5 Å². The molecule has 5 atom stereocenters. The van der Waals surface area contributed by atoms with Gasteiger partial charge in [-0.15, -0.1) is 0 Å². The number of hydrogen-bond acceptors (Lipinski definition) is 14. The molecule has 0 aromatic carbocycles. The van der Waals surface area contributed by atoms with Crippen molar-refractivity contribution < 1.29 is 75.8 Å². The molecule has 0 spiro atoms. The number of aliphatic hydroxyl groups excluding tert-OH is 2. The van der Waals surface area contributed by atoms with E-state index in [0.29, 0.717) is 19.3 Å². The zero-order valence-electron chi connectivity index (χ0n) is 54.2. The number of ether oxygens (including phenoxy) is 3. The normalized spacial score (nSPS) is 14.9. The molecule has 502 valence electrons. The van der Waals surface area contributed by atoms with E-state index in [1.165, 1.54) is 57.8 Å². The van der Waals surface area contributed by atoms with Crippen LogP contribution >= 0.6 is 15.6 Å². The molecule has 5 unspecified atom stereocenters. The van der Waals surface area contributed by atoms with E-state index in [1.807, 2.05) is 0 Å². The Hall–Kier alpha value is -3.53. The molecule has 18 heteroatoms. The summed E-state index contributed by atoms with van der Waals surface area (Å²) >= 11 is 0. The molecule has 0 rings (SSSR count). The topological polar surface area (TPSA) is 231 Å². The molecule has 0 amide bonds. The highest BCUT2D eigenvalue weighted by Gasteiger charge is 2.29. The van der Waals surface area contributed by atoms with Crippen LogP contribution < -0.4 is 0 Å². The zero-order chi connectivity index (χ0) is 63.8. The Morgan fingerprint density at radius 1 is 0.333 bits per heavy atom. The maximum Gasteiger partial charge on any atom is 0.472 e. The van der Waals surface area contributed by atoms with Crippen LogP contribution in [0.3, 0.4) is 0 Å². The Morgan fingerprint density at radius 2 is 0.621 bits per heavy atom. The summed E-state index contributed by atoms with van der Waals surface area (Å²) in [5.74, 6) is -1.61. The summed E-state index contributed by atoms with van der Waals surface area (Å²) in [7, 11) is -9.77. The molecular weight excluding hydrogens is 1150 g/mol. The zero-order valence-corrected chi connectivity index (χ0v) is 56.0. The van der Waals surface area contributed by atoms with Gasteiger partial charge in [0.2, 0.25) is 0 Å². The summed E-state index contributed by atoms with van der Waals surface area (Å²) in [5, 5.41) is 20.5. The number of allylic oxidation sites excluding steroid dienone is 16. The van der Waals surface area contributed by atoms with Gasteiger partial charge in [-0.1, -0.05) is 227 Å². The number of esters is 3. The lowest BCUT2D eigenvalue weighted by atomic mass is 10.1. The molecule has 0 heterocycles. The molecule has 0 fully saturated rings. The van der Waals surface area contributed by atoms with Gasteiger partial charge in [0.1, 0.15) is 25.4 Å². The van der Waals surface area contributed by atoms with Crippen LogP contribution in [0, 0.1) is 0 Å². The van der Waals surface area contributed by atoms with E-state index in [4.69, 9.17) is 32.3 Å². The Kier molecular flexibility index (Phi) is 60.1. The number of rotatable bonds is 63. The Balaban J connectivity index is 4.51. The van der Waals surface area contributed by atoms with Crippen molar-refractivity contribution in [2.24, 2.45) is 0 Å². The van der Waals surface area contributed by atoms with E-state index in [1.54, 1.807) is 0 Å². The third-order valence-corrected chi connectivity index (χ3v) is 15.7. The van der Waals surface area contributed by atoms with Crippen LogP contribution in [0.1, 0.15) is 265 Å². The molecular formula is C69H120O16P2. The third-order valence-electron chi connectivity index (χ3n) is 13.8. The highest BCUT2D eigenvalue weighted by Crippen LogP contribution is 2.45. The first-order chi connectivity index (χ1) is 42.2. The van der Waals surface area contributed by atoms with Crippen LogP contribution in [0.5, 0.6) is 0 Å². The molecule has 0 radical (unpaired) electrons. The van der Waals surface area contributed by atoms with Crippen LogP contribution in [-0.4, -0.2) is 95.9 Å². The summed E-state index contributed by atoms with van der Waals surface area (Å²) in [6.45, 7) is 2.44. The molecule has 0 aliphatic carbocycles. The Labute approximate surface area is 527 Å². The number of aliphatic hydroxyl groups is 2. The fourth-order valence-corrected chi connectivity index (χ4v) is 10.2. The number of unbranched alkanes of at least 4 members (excludes halogenated alkanes) is 24. The summed E-state index contributed by atoms with van der Waals surface area (Å²) in [6.07, 6.45) is 67.6. The summed E-state index contributed by atoms with van der Waals surface area (Å²) in [4.78, 5) is 58.2. The van der Waals surface area contributed by atoms with Crippen molar-refractivity contribution in [1.29, 1.82) is 0 Å². The first-order valence-electron chi connectivity index (χ1n) is 33.5. The average Bonchev–Trinajstić information content (AvgIpc) is 3.56. The van der Waals surface area contributed by atoms with Gasteiger partial charge in [0.25, 0.3) is 0 Å². The number of phosphoric ester groups is 2. The quantitative estimate of drug-likeness (QED) is 0.0146. The number of carbonyl (C=O) groups is 3. The van der Waals surface area contributed by atoms with Crippen LogP contribution in [0.4, 0.5) is 0 Å². The van der Waals surface area contributed by atoms with Gasteiger partial charge in [-0.3, -0.25) is 32.5 Å². The summed E-state index contributed by atoms with van der Waals surface area (Å²) in [6, 6.07) is 0. The lowest BCUT2D eigenvalue weighted by Gasteiger charge is -2.21. The maximum atomic E-state index is 12.8. The lowest BCUT2D eigenvalue weighted by Crippen LogP contribution is -2.30. The van der Waals surface area contributed by atoms with Gasteiger partial charge in [0.05, 0.1) is 26.4 Å². The Bertz CT molecular complexity index is 1980. The highest BCUT2D eigenvalue weighted by molar-refractivity contribution is 7.47. The van der Waals surface area contributed by atoms with E-state index in [9.17, 15) is 43.5 Å². The number of carbonyl (C=O) groups excluding carboxylic acids is 3. The first-order valence-corrected chi connectivity index (χ1v) is 36.5. The van der Waals surface area contributed by atoms with Crippen molar-refractivity contribution in [2.75, 3.05) is 39.6 Å². The van der Waals surface area contributed by atoms with Crippen molar-refractivity contribution in [3.05, 3.63) is 97.2 Å². The molecule has 0 saturated carbocycles. The predicted molar refractivity (Wildman–Crippen MR) is 353 cm³/mol. The lowest BCUT2D eigenvalue weighted by molar-refractivity contribution is -0.161. The van der Waals surface area contributed by atoms with Crippen LogP contribution in [-0.2, 0) is 55.8 Å². The second-order valence-corrected chi connectivity index (χ2v) is 25.1. The second-order valence-electron chi connectivity index (χ2n) is 22.2. The van der Waals surface area contributed by atoms with E-state index in [0.717, 1.165) is 148 Å². The molecule has 4 N–H and O–H groups in total. The van der Waals surface area contributed by atoms with Crippen LogP contribution in [0.15, 0.2) is 97.2 Å². The predicted octanol–water partition coefficient (Wildman–Crippen LogP) is 18.3. The van der Waals surface area contributed by atoms with Crippen molar-refractivity contribution in [2.45, 2.75) is 283 Å². The molecule has 16 nitrogen and oxygen atoms in total. The minimum absolute atomic E-state index is 0.0910. The Morgan fingerprint density at radius 3 is 1.01 bits per heavy atom. The van der Waals surface area contributed by atoms with Crippen molar-refractivity contribution in [3.8, 4) is 0 Å². The molecule has 0 aromatic heterocycles. The van der Waals surface area contributed by atoms with Gasteiger partial charge in [-0.05, 0) is 116 Å². The fourth-order valence-electron chi connectivity index (χ4n) is 8.61. The number of phosphoric acid groups is 2. The number of hydrogen-bond donors (Lipinski definition) is 4. The molecule has 0 bridgehead atoms. The highest BCUT2D eigenvalue weighted by atomic mass is 31.2. The third kappa shape index (κ3) is 63.8. The van der Waals surface area contributed by atoms with Gasteiger partial charge in [-0.2, -0.15) is 0 Å². The average molecular weight is 1270 g/mol. The largest absolute Gasteiger partial charge is 0.472 e. The standard InChI is InChI=1S/C69H120O16P2/c1-4-7-10-13-16-19-22-24-26-27-28-29-30-31-32-33-34-35-37-39-41-43-46-49-52-55-67(72)79-58-64(70)59-81-86(75,76)82-60-65(71)61-83-87(77,78)84-63-66(85-69(74)57-54-51-48-45-40-21-18-15-12-9-6-3)62-80-68(73)56-53-50-47-44-42-38-36-25-23-20-17-14-11-8-5-2/h7,10,15-20,24-26,28-29,31-32,36,64-66,70-71H,4-6,8-9,11-14,21-23,27,30,33-35,37-63H2,1-3H3,(H,75,76)(H,77,78)/b10-7-,18-15-,19-16-,20-17-,26-24-,29-28-,32-31-,36-25-. The summed E-state index contributed by atoms with van der Waals surface area (Å²) < 4.78 is 60.7. The molecule has 0 aliphatic rings. The van der Waals surface area contributed by atoms with Crippen molar-refractivity contribution in [1.82, 2.24) is 0 Å². The van der Waals surface area contributed by atoms with Gasteiger partial charge in [-0.25, -0.2) is 9.13 Å². The minimum Gasteiger partial charge on any atom is -0.463 e. The minimum atomic E-state index is -4.92. The van der Waals surface area contributed by atoms with E-state index in [-0.39, 0.29) is 19.3 Å². The van der Waals surface area contributed by atoms with Crippen molar-refractivity contribution in [3.63, 3.8) is 0 Å². The maximum absolute atomic E-state index is 12.8. The molecule has 0 saturated heterocycles. The van der Waals surface area contributed by atoms with Crippen molar-refractivity contribution >= 4 is 33.6 Å². The SMILES string of the molecule is CC/C=C\C/C=C\C/C=C\C/C=C\C/C=C\CCCCCCCCCCCC(=O)OCC(O)COP(=O)(O)OCC(O)COP(=O)(O)OCC(COC(=O)CCCCCCC/C=C\C/C=C\CCCCC)OC(=O)CCCCCCC/C=C\CCCC. The smallest absolute Gasteiger partial charge is 0.463 e. The first kappa shape index (κ1) is 83.5. The van der Waals surface area contributed by atoms with Gasteiger partial charge in [0, 0.05) is 19.3 Å². The van der Waals surface area contributed by atoms with E-state index >= 15 is 0 Å². The van der Waals surface area contributed by atoms with Gasteiger partial charge in [0.15, 0.2) is 6.10 Å². The molecule has 0 aromatic rings. The molecule has 0 aliphatic heterocycles. The fraction of sp³-hybridized carbons (Fsp3) is 0.725. The second kappa shape index (κ2) is 62.7.